The molecule has 16 N–H and O–H groups in total. The number of methoxy groups -OCH3 is 1. The molecular formula is C31H54O26. The Bertz CT molecular complexity index is 1220. The molecule has 0 amide bonds. The first kappa shape index (κ1) is 47.0. The maximum Gasteiger partial charge on any atom is 0.187 e. The molecule has 5 aliphatic heterocycles. The molecule has 0 aromatic rings. The van der Waals surface area contributed by atoms with Crippen molar-refractivity contribution in [1.29, 1.82) is 0 Å². The van der Waals surface area contributed by atoms with E-state index in [1.807, 2.05) is 0 Å². The van der Waals surface area contributed by atoms with Gasteiger partial charge in [-0.3, -0.25) is 0 Å². The number of aliphatic hydroxyl groups excluding tert-OH is 16. The van der Waals surface area contributed by atoms with E-state index < -0.39 is 187 Å². The molecule has 5 fully saturated rings. The Labute approximate surface area is 323 Å². The minimum atomic E-state index is -2.14. The number of hydrogen-bond acceptors (Lipinski definition) is 26. The minimum Gasteiger partial charge on any atom is -0.394 e. The first-order chi connectivity index (χ1) is 27.0. The molecule has 0 aromatic carbocycles. The van der Waals surface area contributed by atoms with E-state index in [2.05, 4.69) is 0 Å². The predicted octanol–water partition coefficient (Wildman–Crippen LogP) is -11.3. The summed E-state index contributed by atoms with van der Waals surface area (Å²) in [5, 5.41) is 166. The van der Waals surface area contributed by atoms with Crippen LogP contribution in [0.2, 0.25) is 0 Å². The van der Waals surface area contributed by atoms with Gasteiger partial charge in [0, 0.05) is 7.11 Å². The number of hydrogen-bond donors (Lipinski definition) is 16. The van der Waals surface area contributed by atoms with Gasteiger partial charge in [0.1, 0.15) is 122 Å². The van der Waals surface area contributed by atoms with Crippen molar-refractivity contribution in [3.05, 3.63) is 0 Å². The van der Waals surface area contributed by atoms with E-state index in [-0.39, 0.29) is 0 Å². The van der Waals surface area contributed by atoms with Crippen molar-refractivity contribution in [2.24, 2.45) is 0 Å². The Hall–Kier alpha value is -1.04. The first-order valence-electron chi connectivity index (χ1n) is 18.0. The highest BCUT2D eigenvalue weighted by atomic mass is 16.8. The van der Waals surface area contributed by atoms with Crippen LogP contribution in [0, 0.1) is 0 Å². The molecule has 5 heterocycles. The average molecular weight is 843 g/mol. The summed E-state index contributed by atoms with van der Waals surface area (Å²) < 4.78 is 55.0. The second kappa shape index (κ2) is 20.2. The van der Waals surface area contributed by atoms with E-state index in [0.717, 1.165) is 7.11 Å². The fraction of sp³-hybridized carbons (Fsp3) is 1.00. The van der Waals surface area contributed by atoms with Gasteiger partial charge >= 0.3 is 0 Å². The lowest BCUT2D eigenvalue weighted by Gasteiger charge is -2.48. The van der Waals surface area contributed by atoms with Crippen molar-refractivity contribution < 1.29 is 129 Å². The van der Waals surface area contributed by atoms with Gasteiger partial charge in [0.25, 0.3) is 0 Å². The Morgan fingerprint density at radius 3 is 1.00 bits per heavy atom. The van der Waals surface area contributed by atoms with Crippen LogP contribution in [-0.2, 0) is 47.4 Å². The van der Waals surface area contributed by atoms with Crippen molar-refractivity contribution in [3.63, 3.8) is 0 Å². The van der Waals surface area contributed by atoms with Crippen LogP contribution >= 0.6 is 0 Å². The number of ether oxygens (including phenoxy) is 10. The van der Waals surface area contributed by atoms with Crippen LogP contribution in [0.15, 0.2) is 0 Å². The Kier molecular flexibility index (Phi) is 16.7. The van der Waals surface area contributed by atoms with Crippen molar-refractivity contribution in [2.45, 2.75) is 154 Å². The van der Waals surface area contributed by atoms with Gasteiger partial charge in [-0.2, -0.15) is 0 Å². The van der Waals surface area contributed by atoms with Crippen molar-refractivity contribution in [2.75, 3.05) is 40.1 Å². The first-order valence-corrected chi connectivity index (χ1v) is 18.0. The lowest BCUT2D eigenvalue weighted by atomic mass is 9.95. The smallest absolute Gasteiger partial charge is 0.187 e. The van der Waals surface area contributed by atoms with Gasteiger partial charge < -0.3 is 129 Å². The van der Waals surface area contributed by atoms with Crippen LogP contribution in [0.5, 0.6) is 0 Å². The quantitative estimate of drug-likeness (QED) is 0.0772. The summed E-state index contributed by atoms with van der Waals surface area (Å²) >= 11 is 0. The summed E-state index contributed by atoms with van der Waals surface area (Å²) in [6.45, 7) is -3.93. The van der Waals surface area contributed by atoms with Crippen LogP contribution < -0.4 is 0 Å². The minimum absolute atomic E-state index is 0.679. The van der Waals surface area contributed by atoms with Crippen LogP contribution in [0.4, 0.5) is 0 Å². The van der Waals surface area contributed by atoms with Gasteiger partial charge in [-0.25, -0.2) is 0 Å². The molecule has 26 heteroatoms. The molecule has 334 valence electrons. The molecule has 25 atom stereocenters. The monoisotopic (exact) mass is 842 g/mol. The predicted molar refractivity (Wildman–Crippen MR) is 171 cm³/mol. The van der Waals surface area contributed by atoms with E-state index in [9.17, 15) is 81.7 Å². The molecule has 5 saturated heterocycles. The van der Waals surface area contributed by atoms with E-state index in [1.165, 1.54) is 0 Å². The highest BCUT2D eigenvalue weighted by Crippen LogP contribution is 2.34. The van der Waals surface area contributed by atoms with Crippen LogP contribution in [-0.4, -0.2) is 275 Å². The standard InChI is InChI=1S/C31H54O26/c1-48-27-23(46)25(15(38)10(54-27)5-49-28-20(43)17(40)12(35)7(2-32)51-28)57-31-24(47)26(56-30-22(45)19(42)14(37)9(4-34)53-30)16(39)11(55-31)6-50-29-21(44)18(41)13(36)8(3-33)52-29/h7-47H,2-6H2,1H3/t7-,8-,9-,10-,11-,12-,13-,14-,15-,16-,17+,18+,19+,20-,21-,22-,23-,24-,25+,26+,27+,28-,29-,30+,31+/m1/s1. The van der Waals surface area contributed by atoms with Crippen molar-refractivity contribution in [1.82, 2.24) is 0 Å². The third kappa shape index (κ3) is 9.87. The third-order valence-corrected chi connectivity index (χ3v) is 10.5. The topological polar surface area (TPSA) is 416 Å². The van der Waals surface area contributed by atoms with Crippen LogP contribution in [0.25, 0.3) is 0 Å². The molecule has 26 nitrogen and oxygen atoms in total. The number of aliphatic hydroxyl groups is 16. The second-order valence-corrected chi connectivity index (χ2v) is 14.2. The summed E-state index contributed by atoms with van der Waals surface area (Å²) in [6.07, 6.45) is -44.7. The van der Waals surface area contributed by atoms with E-state index >= 15 is 0 Å². The van der Waals surface area contributed by atoms with Gasteiger partial charge in [-0.15, -0.1) is 0 Å². The average Bonchev–Trinajstić information content (AvgIpc) is 3.20. The van der Waals surface area contributed by atoms with Crippen LogP contribution in [0.3, 0.4) is 0 Å². The van der Waals surface area contributed by atoms with E-state index in [0.29, 0.717) is 0 Å². The van der Waals surface area contributed by atoms with Gasteiger partial charge in [-0.1, -0.05) is 0 Å². The maximum absolute atomic E-state index is 11.5. The molecule has 0 unspecified atom stereocenters. The zero-order valence-electron chi connectivity index (χ0n) is 30.2. The molecule has 0 bridgehead atoms. The molecular weight excluding hydrogens is 788 g/mol. The normalized spacial score (nSPS) is 52.5. The zero-order chi connectivity index (χ0) is 42.0. The SMILES string of the molecule is CO[C@H]1O[C@H](CO[C@@H]2O[C@H](CO)[C@@H](O)[C@H](O)[C@H]2O)[C@@H](O)[C@H](O[C@@H]2O[C@H](CO[C@@H]3O[C@H](CO)[C@@H](O)[C@H](O)[C@H]3O)[C@@H](O)[C@H](O[C@@H]3O[C@H](CO)[C@@H](O)[C@H](O)[C@H]3O)[C@H]2O)[C@H]1O. The summed E-state index contributed by atoms with van der Waals surface area (Å²) in [6, 6.07) is 0. The van der Waals surface area contributed by atoms with Gasteiger partial charge in [0.15, 0.2) is 31.5 Å². The second-order valence-electron chi connectivity index (χ2n) is 14.2. The third-order valence-electron chi connectivity index (χ3n) is 10.5. The van der Waals surface area contributed by atoms with E-state index in [1.54, 1.807) is 0 Å². The lowest BCUT2D eigenvalue weighted by molar-refractivity contribution is -0.386. The summed E-state index contributed by atoms with van der Waals surface area (Å²) in [7, 11) is 1.11. The highest BCUT2D eigenvalue weighted by molar-refractivity contribution is 4.98. The van der Waals surface area contributed by atoms with Gasteiger partial charge in [-0.05, 0) is 0 Å². The maximum atomic E-state index is 11.5. The lowest BCUT2D eigenvalue weighted by Crippen LogP contribution is -2.67. The molecule has 0 aromatic heterocycles. The summed E-state index contributed by atoms with van der Waals surface area (Å²) in [4.78, 5) is 0. The molecule has 57 heavy (non-hydrogen) atoms. The number of rotatable bonds is 14. The molecule has 5 aliphatic rings. The van der Waals surface area contributed by atoms with Gasteiger partial charge in [0.05, 0.1) is 33.0 Å². The molecule has 0 aliphatic carbocycles. The summed E-state index contributed by atoms with van der Waals surface area (Å²) in [5.74, 6) is 0. The largest absolute Gasteiger partial charge is 0.394 e. The highest BCUT2D eigenvalue weighted by Gasteiger charge is 2.55. The Morgan fingerprint density at radius 1 is 0.333 bits per heavy atom. The fourth-order valence-corrected chi connectivity index (χ4v) is 6.99. The Morgan fingerprint density at radius 2 is 0.632 bits per heavy atom. The molecule has 0 saturated carbocycles. The van der Waals surface area contributed by atoms with Gasteiger partial charge in [0.2, 0.25) is 0 Å². The van der Waals surface area contributed by atoms with Crippen molar-refractivity contribution >= 4 is 0 Å². The Balaban J connectivity index is 1.36. The molecule has 0 radical (unpaired) electrons. The van der Waals surface area contributed by atoms with Crippen molar-refractivity contribution in [3.8, 4) is 0 Å². The van der Waals surface area contributed by atoms with Crippen LogP contribution in [0.1, 0.15) is 0 Å². The molecule has 0 spiro atoms. The zero-order valence-corrected chi connectivity index (χ0v) is 30.2. The summed E-state index contributed by atoms with van der Waals surface area (Å²) in [5.41, 5.74) is 0. The van der Waals surface area contributed by atoms with E-state index in [4.69, 9.17) is 47.4 Å². The fourth-order valence-electron chi connectivity index (χ4n) is 6.99. The molecule has 5 rings (SSSR count).